The molecule has 1 aromatic carbocycles. The largest absolute Gasteiger partial charge is 0.279 e. The highest BCUT2D eigenvalue weighted by molar-refractivity contribution is 6.31. The van der Waals surface area contributed by atoms with Gasteiger partial charge in [0.25, 0.3) is 0 Å². The first-order chi connectivity index (χ1) is 6.84. The zero-order valence-electron chi connectivity index (χ0n) is 7.05. The van der Waals surface area contributed by atoms with Crippen LogP contribution in [0.3, 0.4) is 0 Å². The lowest BCUT2D eigenvalue weighted by Crippen LogP contribution is -1.89. The van der Waals surface area contributed by atoms with Crippen LogP contribution < -0.4 is 0 Å². The van der Waals surface area contributed by atoms with E-state index in [1.165, 1.54) is 0 Å². The van der Waals surface area contributed by atoms with E-state index in [-0.39, 0.29) is 0 Å². The van der Waals surface area contributed by atoms with Gasteiger partial charge in [0, 0.05) is 5.02 Å². The molecular formula is C9H5ClN4. The molecule has 2 heterocycles. The van der Waals surface area contributed by atoms with Crippen molar-refractivity contribution < 1.29 is 0 Å². The lowest BCUT2D eigenvalue weighted by molar-refractivity contribution is 1.11. The van der Waals surface area contributed by atoms with Crippen molar-refractivity contribution in [2.75, 3.05) is 0 Å². The molecule has 5 heteroatoms. The van der Waals surface area contributed by atoms with Crippen LogP contribution in [0.4, 0.5) is 0 Å². The molecule has 68 valence electrons. The predicted octanol–water partition coefficient (Wildman–Crippen LogP) is 1.93. The van der Waals surface area contributed by atoms with Crippen LogP contribution in [-0.2, 0) is 0 Å². The number of hydrogen-bond acceptors (Lipinski definition) is 3. The minimum atomic E-state index is 0.678. The number of rotatable bonds is 0. The van der Waals surface area contributed by atoms with Crippen LogP contribution in [0, 0.1) is 0 Å². The van der Waals surface area contributed by atoms with Gasteiger partial charge in [-0.1, -0.05) is 11.6 Å². The molecule has 0 saturated heterocycles. The second kappa shape index (κ2) is 2.65. The van der Waals surface area contributed by atoms with E-state index in [1.54, 1.807) is 12.5 Å². The van der Waals surface area contributed by atoms with Gasteiger partial charge in [0.1, 0.15) is 6.33 Å². The first kappa shape index (κ1) is 7.70. The van der Waals surface area contributed by atoms with Gasteiger partial charge in [-0.15, -0.1) is 10.2 Å². The van der Waals surface area contributed by atoms with E-state index in [9.17, 15) is 0 Å². The van der Waals surface area contributed by atoms with Crippen LogP contribution in [0.2, 0.25) is 5.02 Å². The average Bonchev–Trinajstić information content (AvgIpc) is 2.65. The van der Waals surface area contributed by atoms with Gasteiger partial charge in [0.05, 0.1) is 17.2 Å². The molecule has 0 aliphatic heterocycles. The highest BCUT2D eigenvalue weighted by atomic mass is 35.5. The molecule has 0 spiro atoms. The number of benzene rings is 1. The molecule has 3 aromatic rings. The third-order valence-electron chi connectivity index (χ3n) is 2.09. The third-order valence-corrected chi connectivity index (χ3v) is 2.33. The summed E-state index contributed by atoms with van der Waals surface area (Å²) >= 11 is 5.86. The number of aromatic nitrogens is 4. The molecule has 0 N–H and O–H groups in total. The van der Waals surface area contributed by atoms with Crippen molar-refractivity contribution in [3.63, 3.8) is 0 Å². The molecule has 14 heavy (non-hydrogen) atoms. The van der Waals surface area contributed by atoms with Crippen LogP contribution in [0.5, 0.6) is 0 Å². The third kappa shape index (κ3) is 0.975. The first-order valence-corrected chi connectivity index (χ1v) is 4.46. The SMILES string of the molecule is Clc1ccc2c(c1)ncc1nncn12. The normalized spacial score (nSPS) is 11.2. The summed E-state index contributed by atoms with van der Waals surface area (Å²) in [6.07, 6.45) is 3.33. The molecule has 0 aliphatic carbocycles. The molecule has 0 unspecified atom stereocenters. The van der Waals surface area contributed by atoms with Gasteiger partial charge in [-0.25, -0.2) is 0 Å². The van der Waals surface area contributed by atoms with E-state index in [0.717, 1.165) is 16.7 Å². The van der Waals surface area contributed by atoms with Crippen LogP contribution in [-0.4, -0.2) is 19.6 Å². The standard InChI is InChI=1S/C9H5ClN4/c10-6-1-2-8-7(3-6)11-4-9-13-12-5-14(8)9/h1-5H. The van der Waals surface area contributed by atoms with Crippen molar-refractivity contribution in [2.24, 2.45) is 0 Å². The van der Waals surface area contributed by atoms with Gasteiger partial charge >= 0.3 is 0 Å². The Kier molecular flexibility index (Phi) is 1.46. The minimum absolute atomic E-state index is 0.678. The van der Waals surface area contributed by atoms with Crippen LogP contribution >= 0.6 is 11.6 Å². The Labute approximate surface area is 84.2 Å². The zero-order valence-corrected chi connectivity index (χ0v) is 7.81. The smallest absolute Gasteiger partial charge is 0.179 e. The van der Waals surface area contributed by atoms with Crippen molar-refractivity contribution in [2.45, 2.75) is 0 Å². The van der Waals surface area contributed by atoms with E-state index in [4.69, 9.17) is 11.6 Å². The molecule has 0 amide bonds. The van der Waals surface area contributed by atoms with E-state index >= 15 is 0 Å². The molecule has 0 fully saturated rings. The quantitative estimate of drug-likeness (QED) is 0.562. The van der Waals surface area contributed by atoms with E-state index < -0.39 is 0 Å². The van der Waals surface area contributed by atoms with Crippen molar-refractivity contribution in [1.29, 1.82) is 0 Å². The topological polar surface area (TPSA) is 43.1 Å². The number of fused-ring (bicyclic) bond motifs is 3. The lowest BCUT2D eigenvalue weighted by atomic mass is 10.3. The van der Waals surface area contributed by atoms with Gasteiger partial charge in [-0.2, -0.15) is 0 Å². The van der Waals surface area contributed by atoms with Crippen LogP contribution in [0.15, 0.2) is 30.7 Å². The summed E-state index contributed by atoms with van der Waals surface area (Å²) in [5.41, 5.74) is 2.53. The fraction of sp³-hybridized carbons (Fsp3) is 0. The molecule has 0 radical (unpaired) electrons. The Morgan fingerprint density at radius 2 is 2.21 bits per heavy atom. The van der Waals surface area contributed by atoms with E-state index in [0.29, 0.717) is 5.02 Å². The highest BCUT2D eigenvalue weighted by Crippen LogP contribution is 2.17. The van der Waals surface area contributed by atoms with Crippen molar-refractivity contribution in [3.8, 4) is 0 Å². The minimum Gasteiger partial charge on any atom is -0.279 e. The Balaban J connectivity index is 2.57. The van der Waals surface area contributed by atoms with Crippen LogP contribution in [0.25, 0.3) is 16.7 Å². The molecule has 3 rings (SSSR count). The summed E-state index contributed by atoms with van der Waals surface area (Å²) in [6, 6.07) is 5.54. The first-order valence-electron chi connectivity index (χ1n) is 4.08. The summed E-state index contributed by atoms with van der Waals surface area (Å²) in [4.78, 5) is 4.23. The summed E-state index contributed by atoms with van der Waals surface area (Å²) in [6.45, 7) is 0. The molecule has 4 nitrogen and oxygen atoms in total. The molecule has 2 aromatic heterocycles. The Morgan fingerprint density at radius 1 is 1.29 bits per heavy atom. The number of halogens is 1. The van der Waals surface area contributed by atoms with Crippen molar-refractivity contribution in [3.05, 3.63) is 35.7 Å². The van der Waals surface area contributed by atoms with Gasteiger partial charge in [0.2, 0.25) is 0 Å². The molecule has 0 atom stereocenters. The second-order valence-electron chi connectivity index (χ2n) is 2.95. The average molecular weight is 205 g/mol. The maximum Gasteiger partial charge on any atom is 0.179 e. The van der Waals surface area contributed by atoms with Gasteiger partial charge in [-0.3, -0.25) is 9.38 Å². The summed E-state index contributed by atoms with van der Waals surface area (Å²) < 4.78 is 1.87. The second-order valence-corrected chi connectivity index (χ2v) is 3.39. The Bertz CT molecular complexity index is 616. The predicted molar refractivity (Wildman–Crippen MR) is 53.3 cm³/mol. The molecule has 0 aliphatic rings. The fourth-order valence-corrected chi connectivity index (χ4v) is 1.61. The number of nitrogens with zero attached hydrogens (tertiary/aromatic N) is 4. The van der Waals surface area contributed by atoms with E-state index in [2.05, 4.69) is 15.2 Å². The maximum absolute atomic E-state index is 5.86. The molecule has 0 bridgehead atoms. The fourth-order valence-electron chi connectivity index (χ4n) is 1.45. The maximum atomic E-state index is 5.86. The van der Waals surface area contributed by atoms with E-state index in [1.807, 2.05) is 22.6 Å². The number of hydrogen-bond donors (Lipinski definition) is 0. The van der Waals surface area contributed by atoms with Gasteiger partial charge in [0.15, 0.2) is 5.65 Å². The van der Waals surface area contributed by atoms with Crippen molar-refractivity contribution in [1.82, 2.24) is 19.6 Å². The zero-order chi connectivity index (χ0) is 9.54. The summed E-state index contributed by atoms with van der Waals surface area (Å²) in [5, 5.41) is 8.40. The van der Waals surface area contributed by atoms with Gasteiger partial charge < -0.3 is 0 Å². The summed E-state index contributed by atoms with van der Waals surface area (Å²) in [7, 11) is 0. The molecule has 0 saturated carbocycles. The van der Waals surface area contributed by atoms with Crippen molar-refractivity contribution >= 4 is 28.3 Å². The molecular weight excluding hydrogens is 200 g/mol. The lowest BCUT2D eigenvalue weighted by Gasteiger charge is -1.99. The Morgan fingerprint density at radius 3 is 3.14 bits per heavy atom. The highest BCUT2D eigenvalue weighted by Gasteiger charge is 2.02. The summed E-state index contributed by atoms with van der Waals surface area (Å²) in [5.74, 6) is 0. The van der Waals surface area contributed by atoms with Gasteiger partial charge in [-0.05, 0) is 18.2 Å². The Hall–Kier alpha value is -1.68. The van der Waals surface area contributed by atoms with Crippen LogP contribution in [0.1, 0.15) is 0 Å². The monoisotopic (exact) mass is 204 g/mol.